The zero-order valence-corrected chi connectivity index (χ0v) is 19.4. The van der Waals surface area contributed by atoms with E-state index in [9.17, 15) is 14.4 Å². The van der Waals surface area contributed by atoms with Gasteiger partial charge in [-0.2, -0.15) is 0 Å². The summed E-state index contributed by atoms with van der Waals surface area (Å²) in [5.74, 6) is 0.000904. The Morgan fingerprint density at radius 2 is 1.97 bits per heavy atom. The van der Waals surface area contributed by atoms with Gasteiger partial charge in [-0.1, -0.05) is 6.92 Å². The summed E-state index contributed by atoms with van der Waals surface area (Å²) >= 11 is 1.42. The summed E-state index contributed by atoms with van der Waals surface area (Å²) in [7, 11) is 1.59. The molecule has 3 rings (SSSR count). The molecule has 1 N–H and O–H groups in total. The van der Waals surface area contributed by atoms with Gasteiger partial charge in [0.25, 0.3) is 5.56 Å². The van der Waals surface area contributed by atoms with Crippen LogP contribution in [0.2, 0.25) is 0 Å². The number of thiophene rings is 1. The SMILES string of the molecule is COCCn1c(=O)n([C@H]2C[C@@H]2C)c(=O)c2c(C)c(CNCC(=O)OC(C)(C)C)sc21. The van der Waals surface area contributed by atoms with Crippen molar-refractivity contribution in [1.82, 2.24) is 14.5 Å². The van der Waals surface area contributed by atoms with Crippen LogP contribution in [0.25, 0.3) is 10.2 Å². The van der Waals surface area contributed by atoms with Gasteiger partial charge in [0, 0.05) is 24.6 Å². The Morgan fingerprint density at radius 1 is 1.30 bits per heavy atom. The highest BCUT2D eigenvalue weighted by Gasteiger charge is 2.38. The Morgan fingerprint density at radius 3 is 2.53 bits per heavy atom. The normalized spacial score (nSPS) is 18.7. The number of methoxy groups -OCH3 is 1. The van der Waals surface area contributed by atoms with E-state index in [-0.39, 0.29) is 29.8 Å². The number of nitrogens with one attached hydrogen (secondary N) is 1. The van der Waals surface area contributed by atoms with Gasteiger partial charge in [0.1, 0.15) is 10.4 Å². The maximum absolute atomic E-state index is 13.2. The maximum Gasteiger partial charge on any atom is 0.332 e. The van der Waals surface area contributed by atoms with Crippen LogP contribution in [-0.2, 0) is 27.4 Å². The summed E-state index contributed by atoms with van der Waals surface area (Å²) < 4.78 is 13.6. The largest absolute Gasteiger partial charge is 0.459 e. The highest BCUT2D eigenvalue weighted by molar-refractivity contribution is 7.18. The third-order valence-electron chi connectivity index (χ3n) is 5.23. The molecule has 0 aromatic carbocycles. The monoisotopic (exact) mass is 437 g/mol. The molecule has 2 aromatic rings. The topological polar surface area (TPSA) is 91.6 Å². The van der Waals surface area contributed by atoms with E-state index in [1.807, 2.05) is 34.6 Å². The molecule has 1 aliphatic rings. The third kappa shape index (κ3) is 4.68. The van der Waals surface area contributed by atoms with Gasteiger partial charge in [0.2, 0.25) is 0 Å². The number of fused-ring (bicyclic) bond motifs is 1. The molecule has 2 heterocycles. The van der Waals surface area contributed by atoms with Crippen LogP contribution in [0.5, 0.6) is 0 Å². The van der Waals surface area contributed by atoms with Gasteiger partial charge in [0.15, 0.2) is 0 Å². The smallest absolute Gasteiger partial charge is 0.332 e. The fraction of sp³-hybridized carbons (Fsp3) is 0.667. The first-order valence-corrected chi connectivity index (χ1v) is 11.1. The van der Waals surface area contributed by atoms with E-state index in [2.05, 4.69) is 5.32 Å². The minimum atomic E-state index is -0.533. The molecule has 0 amide bonds. The summed E-state index contributed by atoms with van der Waals surface area (Å²) in [6.45, 7) is 10.7. The Balaban J connectivity index is 1.93. The first-order chi connectivity index (χ1) is 14.0. The average molecular weight is 438 g/mol. The van der Waals surface area contributed by atoms with Crippen molar-refractivity contribution in [3.63, 3.8) is 0 Å². The van der Waals surface area contributed by atoms with Crippen molar-refractivity contribution in [2.24, 2.45) is 5.92 Å². The van der Waals surface area contributed by atoms with Crippen molar-refractivity contribution in [3.8, 4) is 0 Å². The molecular weight excluding hydrogens is 406 g/mol. The number of ether oxygens (including phenoxy) is 2. The Hall–Kier alpha value is -1.97. The molecule has 8 nitrogen and oxygen atoms in total. The van der Waals surface area contributed by atoms with Crippen LogP contribution >= 0.6 is 11.3 Å². The zero-order chi connectivity index (χ0) is 22.2. The van der Waals surface area contributed by atoms with Crippen LogP contribution in [0.1, 0.15) is 50.6 Å². The van der Waals surface area contributed by atoms with Gasteiger partial charge < -0.3 is 14.8 Å². The summed E-state index contributed by atoms with van der Waals surface area (Å²) in [5.41, 5.74) is -0.169. The summed E-state index contributed by atoms with van der Waals surface area (Å²) in [4.78, 5) is 39.8. The average Bonchev–Trinajstić information content (AvgIpc) is 3.24. The predicted molar refractivity (Wildman–Crippen MR) is 117 cm³/mol. The molecule has 1 saturated carbocycles. The molecule has 30 heavy (non-hydrogen) atoms. The lowest BCUT2D eigenvalue weighted by Gasteiger charge is -2.19. The Kier molecular flexibility index (Phi) is 6.54. The van der Waals surface area contributed by atoms with Gasteiger partial charge in [0.05, 0.1) is 25.1 Å². The van der Waals surface area contributed by atoms with Gasteiger partial charge >= 0.3 is 11.7 Å². The lowest BCUT2D eigenvalue weighted by molar-refractivity contribution is -0.153. The zero-order valence-electron chi connectivity index (χ0n) is 18.5. The second kappa shape index (κ2) is 8.64. The summed E-state index contributed by atoms with van der Waals surface area (Å²) in [5, 5.41) is 3.68. The van der Waals surface area contributed by atoms with Crippen LogP contribution in [0.15, 0.2) is 9.59 Å². The molecule has 0 unspecified atom stereocenters. The Labute approximate surface area is 179 Å². The number of carbonyl (C=O) groups is 1. The van der Waals surface area contributed by atoms with Crippen molar-refractivity contribution in [3.05, 3.63) is 31.3 Å². The maximum atomic E-state index is 13.2. The minimum absolute atomic E-state index is 0.0313. The molecule has 166 valence electrons. The number of hydrogen-bond donors (Lipinski definition) is 1. The molecule has 0 aliphatic heterocycles. The van der Waals surface area contributed by atoms with Gasteiger partial charge in [-0.05, 0) is 45.6 Å². The lowest BCUT2D eigenvalue weighted by atomic mass is 10.2. The van der Waals surface area contributed by atoms with Crippen molar-refractivity contribution in [2.45, 2.75) is 65.8 Å². The lowest BCUT2D eigenvalue weighted by Crippen LogP contribution is -2.40. The molecule has 1 aliphatic carbocycles. The van der Waals surface area contributed by atoms with E-state index in [1.54, 1.807) is 11.7 Å². The van der Waals surface area contributed by atoms with Crippen molar-refractivity contribution in [2.75, 3.05) is 20.3 Å². The molecule has 9 heteroatoms. The highest BCUT2D eigenvalue weighted by atomic mass is 32.1. The highest BCUT2D eigenvalue weighted by Crippen LogP contribution is 2.41. The first-order valence-electron chi connectivity index (χ1n) is 10.2. The van der Waals surface area contributed by atoms with Crippen LogP contribution in [-0.4, -0.2) is 41.0 Å². The van der Waals surface area contributed by atoms with E-state index in [0.717, 1.165) is 16.9 Å². The standard InChI is InChI=1S/C21H31N3O5S/c1-12-9-14(12)24-18(26)17-13(2)15(10-22-11-16(25)29-21(3,4)5)30-19(17)23(20(24)27)7-8-28-6/h12,14,22H,7-11H2,1-6H3/t12-,14-/m0/s1. The number of aryl methyl sites for hydroxylation is 1. The van der Waals surface area contributed by atoms with Gasteiger partial charge in [-0.15, -0.1) is 11.3 Å². The molecule has 0 bridgehead atoms. The Bertz CT molecular complexity index is 1060. The molecule has 1 fully saturated rings. The number of nitrogens with zero attached hydrogens (tertiary/aromatic N) is 2. The number of aromatic nitrogens is 2. The van der Waals surface area contributed by atoms with Crippen molar-refractivity contribution in [1.29, 1.82) is 0 Å². The van der Waals surface area contributed by atoms with E-state index in [0.29, 0.717) is 35.8 Å². The van der Waals surface area contributed by atoms with E-state index in [1.165, 1.54) is 15.9 Å². The minimum Gasteiger partial charge on any atom is -0.459 e. The second-order valence-corrected chi connectivity index (χ2v) is 9.99. The first kappa shape index (κ1) is 22.7. The summed E-state index contributed by atoms with van der Waals surface area (Å²) in [6, 6.07) is -0.0313. The van der Waals surface area contributed by atoms with Crippen LogP contribution < -0.4 is 16.6 Å². The van der Waals surface area contributed by atoms with Crippen molar-refractivity contribution < 1.29 is 14.3 Å². The number of hydrogen-bond acceptors (Lipinski definition) is 7. The van der Waals surface area contributed by atoms with Crippen LogP contribution in [0.3, 0.4) is 0 Å². The number of esters is 1. The molecule has 2 aromatic heterocycles. The third-order valence-corrected chi connectivity index (χ3v) is 6.55. The van der Waals surface area contributed by atoms with E-state index < -0.39 is 5.60 Å². The number of carbonyl (C=O) groups excluding carboxylic acids is 1. The van der Waals surface area contributed by atoms with Gasteiger partial charge in [-0.3, -0.25) is 18.7 Å². The predicted octanol–water partition coefficient (Wildman–Crippen LogP) is 2.19. The van der Waals surface area contributed by atoms with Gasteiger partial charge in [-0.25, -0.2) is 4.79 Å². The molecule has 0 spiro atoms. The van der Waals surface area contributed by atoms with E-state index in [4.69, 9.17) is 9.47 Å². The fourth-order valence-electron chi connectivity index (χ4n) is 3.57. The molecule has 0 saturated heterocycles. The summed E-state index contributed by atoms with van der Waals surface area (Å²) in [6.07, 6.45) is 0.846. The molecular formula is C21H31N3O5S. The van der Waals surface area contributed by atoms with Crippen molar-refractivity contribution >= 4 is 27.5 Å². The van der Waals surface area contributed by atoms with Crippen LogP contribution in [0.4, 0.5) is 0 Å². The quantitative estimate of drug-likeness (QED) is 0.637. The molecule has 2 atom stereocenters. The number of rotatable bonds is 8. The molecule has 0 radical (unpaired) electrons. The fourth-order valence-corrected chi connectivity index (χ4v) is 4.85. The second-order valence-electron chi connectivity index (χ2n) is 8.90. The van der Waals surface area contributed by atoms with Crippen LogP contribution in [0, 0.1) is 12.8 Å². The van der Waals surface area contributed by atoms with E-state index >= 15 is 0 Å².